The molecule has 0 atom stereocenters. The Morgan fingerprint density at radius 3 is 2.47 bits per heavy atom. The summed E-state index contributed by atoms with van der Waals surface area (Å²) in [5.41, 5.74) is 1.68. The highest BCUT2D eigenvalue weighted by Crippen LogP contribution is 2.36. The average Bonchev–Trinajstić information content (AvgIpc) is 2.25. The Morgan fingerprint density at radius 2 is 1.94 bits per heavy atom. The van der Waals surface area contributed by atoms with Gasteiger partial charge in [-0.2, -0.15) is 0 Å². The second-order valence-corrected chi connectivity index (χ2v) is 6.46. The molecule has 0 radical (unpaired) electrons. The van der Waals surface area contributed by atoms with E-state index in [1.54, 1.807) is 0 Å². The van der Waals surface area contributed by atoms with Crippen LogP contribution >= 0.6 is 0 Å². The molecule has 0 spiro atoms. The first kappa shape index (κ1) is 14.7. The van der Waals surface area contributed by atoms with Gasteiger partial charge in [-0.05, 0) is 36.7 Å². The summed E-state index contributed by atoms with van der Waals surface area (Å²) in [6, 6.07) is 0.516. The molecule has 0 heterocycles. The minimum absolute atomic E-state index is 0.457. The molecular formula is C15H29NO. The van der Waals surface area contributed by atoms with Gasteiger partial charge in [0.2, 0.25) is 0 Å². The van der Waals surface area contributed by atoms with Crippen molar-refractivity contribution >= 4 is 0 Å². The molecule has 0 saturated heterocycles. The van der Waals surface area contributed by atoms with Crippen LogP contribution in [-0.4, -0.2) is 25.3 Å². The quantitative estimate of drug-likeness (QED) is 0.716. The zero-order valence-corrected chi connectivity index (χ0v) is 12.0. The highest BCUT2D eigenvalue weighted by molar-refractivity contribution is 4.97. The van der Waals surface area contributed by atoms with Crippen LogP contribution in [0.5, 0.6) is 0 Å². The van der Waals surface area contributed by atoms with Crippen molar-refractivity contribution in [1.29, 1.82) is 0 Å². The van der Waals surface area contributed by atoms with Crippen LogP contribution in [0.4, 0.5) is 0 Å². The topological polar surface area (TPSA) is 21.3 Å². The van der Waals surface area contributed by atoms with Gasteiger partial charge in [0.15, 0.2) is 0 Å². The predicted molar refractivity (Wildman–Crippen MR) is 74.3 cm³/mol. The number of nitrogens with one attached hydrogen (secondary N) is 1. The Morgan fingerprint density at radius 1 is 1.35 bits per heavy atom. The van der Waals surface area contributed by atoms with E-state index in [9.17, 15) is 0 Å². The highest BCUT2D eigenvalue weighted by atomic mass is 16.5. The molecule has 0 unspecified atom stereocenters. The first-order valence-corrected chi connectivity index (χ1v) is 6.91. The zero-order valence-electron chi connectivity index (χ0n) is 12.0. The molecule has 100 valence electrons. The SMILES string of the molecule is C=C(CNC(C)C)COC1CCC(C)(C)CC1. The van der Waals surface area contributed by atoms with Crippen molar-refractivity contribution in [3.05, 3.63) is 12.2 Å². The van der Waals surface area contributed by atoms with Gasteiger partial charge in [0.25, 0.3) is 0 Å². The maximum atomic E-state index is 5.93. The third-order valence-electron chi connectivity index (χ3n) is 3.57. The van der Waals surface area contributed by atoms with Crippen molar-refractivity contribution in [1.82, 2.24) is 5.32 Å². The molecule has 1 saturated carbocycles. The lowest BCUT2D eigenvalue weighted by Gasteiger charge is -2.34. The normalized spacial score (nSPS) is 20.8. The largest absolute Gasteiger partial charge is 0.374 e. The Hall–Kier alpha value is -0.340. The predicted octanol–water partition coefficient (Wildman–Crippen LogP) is 3.53. The Labute approximate surface area is 107 Å². The Bertz CT molecular complexity index is 235. The summed E-state index contributed by atoms with van der Waals surface area (Å²) in [6.45, 7) is 14.6. The van der Waals surface area contributed by atoms with Gasteiger partial charge in [-0.25, -0.2) is 0 Å². The van der Waals surface area contributed by atoms with E-state index in [-0.39, 0.29) is 0 Å². The van der Waals surface area contributed by atoms with Gasteiger partial charge in [0.1, 0.15) is 0 Å². The second-order valence-electron chi connectivity index (χ2n) is 6.46. The molecule has 17 heavy (non-hydrogen) atoms. The number of ether oxygens (including phenoxy) is 1. The average molecular weight is 239 g/mol. The van der Waals surface area contributed by atoms with Crippen molar-refractivity contribution in [2.24, 2.45) is 5.41 Å². The summed E-state index contributed by atoms with van der Waals surface area (Å²) in [6.07, 6.45) is 5.44. The molecule has 0 amide bonds. The van der Waals surface area contributed by atoms with Gasteiger partial charge in [0.05, 0.1) is 12.7 Å². The van der Waals surface area contributed by atoms with Crippen LogP contribution < -0.4 is 5.32 Å². The molecule has 0 aliphatic heterocycles. The monoisotopic (exact) mass is 239 g/mol. The molecule has 2 heteroatoms. The Balaban J connectivity index is 2.13. The first-order chi connectivity index (χ1) is 7.89. The molecule has 1 rings (SSSR count). The van der Waals surface area contributed by atoms with Gasteiger partial charge in [0, 0.05) is 12.6 Å². The molecule has 1 N–H and O–H groups in total. The number of hydrogen-bond donors (Lipinski definition) is 1. The van der Waals surface area contributed by atoms with Crippen LogP contribution in [0.2, 0.25) is 0 Å². The minimum Gasteiger partial charge on any atom is -0.374 e. The maximum Gasteiger partial charge on any atom is 0.0690 e. The number of rotatable bonds is 6. The molecular weight excluding hydrogens is 210 g/mol. The van der Waals surface area contributed by atoms with Crippen LogP contribution in [0.15, 0.2) is 12.2 Å². The summed E-state index contributed by atoms with van der Waals surface area (Å²) in [4.78, 5) is 0. The van der Waals surface area contributed by atoms with E-state index in [1.165, 1.54) is 25.7 Å². The van der Waals surface area contributed by atoms with E-state index < -0.39 is 0 Å². The lowest BCUT2D eigenvalue weighted by molar-refractivity contribution is 0.0153. The molecule has 0 aromatic rings. The van der Waals surface area contributed by atoms with E-state index in [0.717, 1.165) is 12.1 Å². The molecule has 1 aliphatic rings. The smallest absolute Gasteiger partial charge is 0.0690 e. The summed E-state index contributed by atoms with van der Waals surface area (Å²) < 4.78 is 5.93. The summed E-state index contributed by atoms with van der Waals surface area (Å²) in [7, 11) is 0. The molecule has 0 aromatic heterocycles. The summed E-state index contributed by atoms with van der Waals surface area (Å²) >= 11 is 0. The first-order valence-electron chi connectivity index (χ1n) is 6.91. The van der Waals surface area contributed by atoms with Crippen LogP contribution in [0.3, 0.4) is 0 Å². The van der Waals surface area contributed by atoms with E-state index in [0.29, 0.717) is 24.2 Å². The fourth-order valence-electron chi connectivity index (χ4n) is 2.17. The van der Waals surface area contributed by atoms with E-state index in [4.69, 9.17) is 4.74 Å². The van der Waals surface area contributed by atoms with Crippen LogP contribution in [0, 0.1) is 5.41 Å². The van der Waals surface area contributed by atoms with Gasteiger partial charge in [-0.15, -0.1) is 0 Å². The zero-order chi connectivity index (χ0) is 12.9. The van der Waals surface area contributed by atoms with E-state index in [1.807, 2.05) is 0 Å². The lowest BCUT2D eigenvalue weighted by Crippen LogP contribution is -2.29. The van der Waals surface area contributed by atoms with Crippen molar-refractivity contribution in [2.45, 2.75) is 65.5 Å². The summed E-state index contributed by atoms with van der Waals surface area (Å²) in [5.74, 6) is 0. The fourth-order valence-corrected chi connectivity index (χ4v) is 2.17. The lowest BCUT2D eigenvalue weighted by atomic mass is 9.76. The summed E-state index contributed by atoms with van der Waals surface area (Å²) in [5, 5.41) is 3.37. The van der Waals surface area contributed by atoms with Crippen LogP contribution in [0.25, 0.3) is 0 Å². The minimum atomic E-state index is 0.457. The maximum absolute atomic E-state index is 5.93. The van der Waals surface area contributed by atoms with Gasteiger partial charge in [-0.1, -0.05) is 34.3 Å². The third kappa shape index (κ3) is 6.23. The van der Waals surface area contributed by atoms with Crippen LogP contribution in [0.1, 0.15) is 53.4 Å². The van der Waals surface area contributed by atoms with E-state index in [2.05, 4.69) is 39.6 Å². The molecule has 1 fully saturated rings. The number of hydrogen-bond acceptors (Lipinski definition) is 2. The molecule has 2 nitrogen and oxygen atoms in total. The molecule has 0 bridgehead atoms. The van der Waals surface area contributed by atoms with Crippen molar-refractivity contribution in [2.75, 3.05) is 13.2 Å². The van der Waals surface area contributed by atoms with Gasteiger partial charge < -0.3 is 10.1 Å². The standard InChI is InChI=1S/C15H29NO/c1-12(2)16-10-13(3)11-17-14-6-8-15(4,5)9-7-14/h12,14,16H,3,6-11H2,1-2,4-5H3. The molecule has 0 aromatic carbocycles. The fraction of sp³-hybridized carbons (Fsp3) is 0.867. The van der Waals surface area contributed by atoms with Gasteiger partial charge in [-0.3, -0.25) is 0 Å². The van der Waals surface area contributed by atoms with Gasteiger partial charge >= 0.3 is 0 Å². The Kier molecular flexibility index (Phi) is 5.68. The highest BCUT2D eigenvalue weighted by Gasteiger charge is 2.27. The van der Waals surface area contributed by atoms with Crippen molar-refractivity contribution < 1.29 is 4.74 Å². The third-order valence-corrected chi connectivity index (χ3v) is 3.57. The second kappa shape index (κ2) is 6.55. The van der Waals surface area contributed by atoms with Crippen molar-refractivity contribution in [3.63, 3.8) is 0 Å². The van der Waals surface area contributed by atoms with Crippen LogP contribution in [-0.2, 0) is 4.74 Å². The van der Waals surface area contributed by atoms with Crippen molar-refractivity contribution in [3.8, 4) is 0 Å². The molecule has 1 aliphatic carbocycles. The van der Waals surface area contributed by atoms with E-state index >= 15 is 0 Å².